The van der Waals surface area contributed by atoms with Crippen molar-refractivity contribution in [2.24, 2.45) is 5.92 Å². The van der Waals surface area contributed by atoms with E-state index in [0.717, 1.165) is 12.8 Å². The van der Waals surface area contributed by atoms with E-state index in [4.69, 9.17) is 10.1 Å². The van der Waals surface area contributed by atoms with Crippen molar-refractivity contribution in [3.63, 3.8) is 0 Å². The van der Waals surface area contributed by atoms with Gasteiger partial charge in [-0.15, -0.1) is 0 Å². The average Bonchev–Trinajstić information content (AvgIpc) is 2.50. The summed E-state index contributed by atoms with van der Waals surface area (Å²) in [7, 11) is 1.61. The van der Waals surface area contributed by atoms with Gasteiger partial charge in [0.05, 0.1) is 12.6 Å². The molecule has 0 aromatic rings. The molecule has 0 radical (unpaired) electrons. The second-order valence-corrected chi connectivity index (χ2v) is 4.24. The van der Waals surface area contributed by atoms with Gasteiger partial charge in [0, 0.05) is 13.7 Å². The summed E-state index contributed by atoms with van der Waals surface area (Å²) >= 11 is 0. The van der Waals surface area contributed by atoms with Gasteiger partial charge in [-0.25, -0.2) is 4.79 Å². The van der Waals surface area contributed by atoms with Crippen molar-refractivity contribution in [1.29, 1.82) is 5.41 Å². The van der Waals surface area contributed by atoms with Crippen molar-refractivity contribution in [2.45, 2.75) is 32.7 Å². The van der Waals surface area contributed by atoms with Gasteiger partial charge >= 0.3 is 6.03 Å². The first-order valence-corrected chi connectivity index (χ1v) is 5.76. The fourth-order valence-electron chi connectivity index (χ4n) is 2.18. The van der Waals surface area contributed by atoms with Gasteiger partial charge in [-0.1, -0.05) is 20.3 Å². The fourth-order valence-corrected chi connectivity index (χ4v) is 2.18. The molecular weight excluding hydrogens is 206 g/mol. The number of rotatable bonds is 6. The Balaban J connectivity index is 2.68. The number of nitrogens with zero attached hydrogens (tertiary/aromatic N) is 1. The first-order valence-electron chi connectivity index (χ1n) is 5.76. The average molecular weight is 227 g/mol. The Morgan fingerprint density at radius 3 is 2.88 bits per heavy atom. The number of carbonyl (C=O) groups excluding carboxylic acids is 1. The van der Waals surface area contributed by atoms with E-state index in [1.165, 1.54) is 0 Å². The molecule has 0 saturated carbocycles. The summed E-state index contributed by atoms with van der Waals surface area (Å²) in [5.74, 6) is 0.635. The third kappa shape index (κ3) is 2.72. The van der Waals surface area contributed by atoms with Crippen molar-refractivity contribution in [1.82, 2.24) is 10.2 Å². The predicted octanol–water partition coefficient (Wildman–Crippen LogP) is 1.44. The number of carbonyl (C=O) groups is 1. The largest absolute Gasteiger partial charge is 0.383 e. The molecule has 2 atom stereocenters. The minimum absolute atomic E-state index is 0.109. The molecular formula is C11H21N3O2. The quantitative estimate of drug-likeness (QED) is 0.721. The van der Waals surface area contributed by atoms with Crippen LogP contribution in [-0.2, 0) is 4.74 Å². The maximum atomic E-state index is 11.6. The predicted molar refractivity (Wildman–Crippen MR) is 62.7 cm³/mol. The number of amides is 2. The van der Waals surface area contributed by atoms with Gasteiger partial charge in [0.2, 0.25) is 0 Å². The molecule has 2 amide bonds. The molecule has 1 aliphatic rings. The maximum Gasteiger partial charge on any atom is 0.323 e. The summed E-state index contributed by atoms with van der Waals surface area (Å²) < 4.78 is 4.98. The molecule has 1 heterocycles. The van der Waals surface area contributed by atoms with E-state index in [0.29, 0.717) is 24.9 Å². The molecule has 0 bridgehead atoms. The summed E-state index contributed by atoms with van der Waals surface area (Å²) in [5.41, 5.74) is 0. The summed E-state index contributed by atoms with van der Waals surface area (Å²) in [6.45, 7) is 5.26. The number of methoxy groups -OCH3 is 1. The second-order valence-electron chi connectivity index (χ2n) is 4.24. The summed E-state index contributed by atoms with van der Waals surface area (Å²) in [6, 6.07) is -0.280. The minimum Gasteiger partial charge on any atom is -0.383 e. The highest BCUT2D eigenvalue weighted by molar-refractivity contribution is 6.05. The van der Waals surface area contributed by atoms with E-state index in [1.54, 1.807) is 12.0 Å². The Kier molecular flexibility index (Phi) is 4.73. The first-order chi connectivity index (χ1) is 7.61. The SMILES string of the molecule is CCCC(C)C1C(=N)NC(=O)N1CCOC. The lowest BCUT2D eigenvalue weighted by atomic mass is 9.96. The zero-order chi connectivity index (χ0) is 12.1. The van der Waals surface area contributed by atoms with Crippen molar-refractivity contribution in [3.05, 3.63) is 0 Å². The van der Waals surface area contributed by atoms with E-state index in [2.05, 4.69) is 19.2 Å². The molecule has 5 heteroatoms. The lowest BCUT2D eigenvalue weighted by molar-refractivity contribution is 0.140. The summed E-state index contributed by atoms with van der Waals surface area (Å²) in [4.78, 5) is 13.3. The number of hydrogen-bond donors (Lipinski definition) is 2. The molecule has 1 fully saturated rings. The molecule has 2 N–H and O–H groups in total. The van der Waals surface area contributed by atoms with Crippen LogP contribution in [0.5, 0.6) is 0 Å². The zero-order valence-corrected chi connectivity index (χ0v) is 10.2. The normalized spacial score (nSPS) is 22.4. The smallest absolute Gasteiger partial charge is 0.323 e. The monoisotopic (exact) mass is 227 g/mol. The van der Waals surface area contributed by atoms with Gasteiger partial charge in [-0.05, 0) is 12.3 Å². The van der Waals surface area contributed by atoms with Crippen molar-refractivity contribution in [2.75, 3.05) is 20.3 Å². The molecule has 92 valence electrons. The lowest BCUT2D eigenvalue weighted by Gasteiger charge is -2.27. The van der Waals surface area contributed by atoms with Gasteiger partial charge in [-0.3, -0.25) is 10.7 Å². The highest BCUT2D eigenvalue weighted by Crippen LogP contribution is 2.21. The molecule has 0 aliphatic carbocycles. The van der Waals surface area contributed by atoms with Gasteiger partial charge in [0.15, 0.2) is 0 Å². The molecule has 5 nitrogen and oxygen atoms in total. The third-order valence-electron chi connectivity index (χ3n) is 2.95. The van der Waals surface area contributed by atoms with Crippen LogP contribution in [0.15, 0.2) is 0 Å². The van der Waals surface area contributed by atoms with E-state index in [-0.39, 0.29) is 12.1 Å². The van der Waals surface area contributed by atoms with E-state index in [1.807, 2.05) is 0 Å². The minimum atomic E-state index is -0.171. The fraction of sp³-hybridized carbons (Fsp3) is 0.818. The van der Waals surface area contributed by atoms with Crippen LogP contribution in [0.25, 0.3) is 0 Å². The first kappa shape index (κ1) is 13.0. The van der Waals surface area contributed by atoms with Crippen molar-refractivity contribution < 1.29 is 9.53 Å². The van der Waals surface area contributed by atoms with E-state index >= 15 is 0 Å². The van der Waals surface area contributed by atoms with Crippen LogP contribution in [0.3, 0.4) is 0 Å². The molecule has 0 aromatic carbocycles. The Morgan fingerprint density at radius 1 is 1.62 bits per heavy atom. The highest BCUT2D eigenvalue weighted by atomic mass is 16.5. The molecule has 0 aromatic heterocycles. The molecule has 1 saturated heterocycles. The van der Waals surface area contributed by atoms with Crippen molar-refractivity contribution >= 4 is 11.9 Å². The highest BCUT2D eigenvalue weighted by Gasteiger charge is 2.38. The van der Waals surface area contributed by atoms with E-state index in [9.17, 15) is 4.79 Å². The zero-order valence-electron chi connectivity index (χ0n) is 10.2. The van der Waals surface area contributed by atoms with Gasteiger partial charge in [0.1, 0.15) is 5.84 Å². The number of urea groups is 1. The molecule has 16 heavy (non-hydrogen) atoms. The summed E-state index contributed by atoms with van der Waals surface area (Å²) in [5, 5.41) is 10.4. The Bertz CT molecular complexity index is 268. The Labute approximate surface area is 96.7 Å². The third-order valence-corrected chi connectivity index (χ3v) is 2.95. The Hall–Kier alpha value is -1.10. The van der Waals surface area contributed by atoms with Crippen molar-refractivity contribution in [3.8, 4) is 0 Å². The number of ether oxygens (including phenoxy) is 1. The number of nitrogens with one attached hydrogen (secondary N) is 2. The van der Waals surface area contributed by atoms with Crippen LogP contribution in [0.4, 0.5) is 4.79 Å². The topological polar surface area (TPSA) is 65.4 Å². The standard InChI is InChI=1S/C11H21N3O2/c1-4-5-8(2)9-10(12)13-11(15)14(9)6-7-16-3/h8-9H,4-7H2,1-3H3,(H2,12,13,15). The second kappa shape index (κ2) is 5.84. The van der Waals surface area contributed by atoms with Crippen LogP contribution in [0, 0.1) is 11.3 Å². The van der Waals surface area contributed by atoms with Gasteiger partial charge < -0.3 is 9.64 Å². The van der Waals surface area contributed by atoms with Gasteiger partial charge in [-0.2, -0.15) is 0 Å². The van der Waals surface area contributed by atoms with Crippen LogP contribution in [0.2, 0.25) is 0 Å². The lowest BCUT2D eigenvalue weighted by Crippen LogP contribution is -2.41. The molecule has 0 spiro atoms. The Morgan fingerprint density at radius 2 is 2.31 bits per heavy atom. The van der Waals surface area contributed by atoms with Gasteiger partial charge in [0.25, 0.3) is 0 Å². The molecule has 1 rings (SSSR count). The van der Waals surface area contributed by atoms with Crippen LogP contribution in [0.1, 0.15) is 26.7 Å². The van der Waals surface area contributed by atoms with E-state index < -0.39 is 0 Å². The van der Waals surface area contributed by atoms with Crippen LogP contribution < -0.4 is 5.32 Å². The van der Waals surface area contributed by atoms with Crippen LogP contribution in [-0.4, -0.2) is 43.1 Å². The van der Waals surface area contributed by atoms with Crippen LogP contribution >= 0.6 is 0 Å². The number of hydrogen-bond acceptors (Lipinski definition) is 3. The summed E-state index contributed by atoms with van der Waals surface area (Å²) in [6.07, 6.45) is 2.09. The molecule has 1 aliphatic heterocycles. The molecule has 2 unspecified atom stereocenters. The number of amidine groups is 1. The maximum absolute atomic E-state index is 11.6.